The summed E-state index contributed by atoms with van der Waals surface area (Å²) in [6.45, 7) is 3.08. The topological polar surface area (TPSA) is 89.9 Å². The van der Waals surface area contributed by atoms with Crippen molar-refractivity contribution in [3.63, 3.8) is 0 Å². The zero-order valence-corrected chi connectivity index (χ0v) is 16.6. The van der Waals surface area contributed by atoms with Gasteiger partial charge in [0.2, 0.25) is 0 Å². The van der Waals surface area contributed by atoms with E-state index in [0.717, 1.165) is 25.1 Å². The lowest BCUT2D eigenvalue weighted by atomic mass is 9.92. The van der Waals surface area contributed by atoms with Crippen molar-refractivity contribution in [2.24, 2.45) is 11.7 Å². The van der Waals surface area contributed by atoms with E-state index < -0.39 is 11.7 Å². The molecule has 1 fully saturated rings. The molecule has 0 saturated carbocycles. The standard InChI is InChI=1S/C16H19F3N6O.2ClH/c1-10-4-5-24(12(6-10)7-20)15(26)13-9-25(23-22-13)14-3-2-11(8-21-14)16(17,18)19;;/h2-3,8-10,12H,4-7,20H2,1H3;2*1H. The van der Waals surface area contributed by atoms with E-state index in [0.29, 0.717) is 19.0 Å². The average Bonchev–Trinajstić information content (AvgIpc) is 3.10. The lowest BCUT2D eigenvalue weighted by Crippen LogP contribution is -2.49. The molecule has 0 radical (unpaired) electrons. The van der Waals surface area contributed by atoms with Crippen LogP contribution in [0.5, 0.6) is 0 Å². The van der Waals surface area contributed by atoms with E-state index >= 15 is 0 Å². The van der Waals surface area contributed by atoms with Crippen LogP contribution in [-0.2, 0) is 6.18 Å². The molecule has 1 aliphatic rings. The molecule has 3 heterocycles. The van der Waals surface area contributed by atoms with E-state index in [1.807, 2.05) is 0 Å². The van der Waals surface area contributed by atoms with Crippen LogP contribution < -0.4 is 5.73 Å². The van der Waals surface area contributed by atoms with Crippen LogP contribution in [0.3, 0.4) is 0 Å². The summed E-state index contributed by atoms with van der Waals surface area (Å²) in [7, 11) is 0. The molecule has 0 aromatic carbocycles. The Bertz CT molecular complexity index is 783. The number of rotatable bonds is 3. The molecule has 3 rings (SSSR count). The Balaban J connectivity index is 0.00000196. The molecule has 1 aliphatic heterocycles. The number of aromatic nitrogens is 4. The Morgan fingerprint density at radius 2 is 2.04 bits per heavy atom. The monoisotopic (exact) mass is 440 g/mol. The fourth-order valence-electron chi connectivity index (χ4n) is 3.05. The maximum absolute atomic E-state index is 12.7. The number of likely N-dealkylation sites (tertiary alicyclic amines) is 1. The minimum absolute atomic E-state index is 0. The zero-order valence-electron chi connectivity index (χ0n) is 15.0. The molecule has 28 heavy (non-hydrogen) atoms. The van der Waals surface area contributed by atoms with Crippen molar-refractivity contribution >= 4 is 30.7 Å². The second kappa shape index (κ2) is 9.53. The molecule has 2 unspecified atom stereocenters. The zero-order chi connectivity index (χ0) is 18.9. The fourth-order valence-corrected chi connectivity index (χ4v) is 3.05. The van der Waals surface area contributed by atoms with Gasteiger partial charge in [-0.3, -0.25) is 4.79 Å². The van der Waals surface area contributed by atoms with Crippen LogP contribution in [0.25, 0.3) is 5.82 Å². The van der Waals surface area contributed by atoms with E-state index in [9.17, 15) is 18.0 Å². The van der Waals surface area contributed by atoms with E-state index in [2.05, 4.69) is 22.2 Å². The van der Waals surface area contributed by atoms with Gasteiger partial charge in [0, 0.05) is 25.3 Å². The summed E-state index contributed by atoms with van der Waals surface area (Å²) >= 11 is 0. The third-order valence-corrected chi connectivity index (χ3v) is 4.53. The van der Waals surface area contributed by atoms with Crippen molar-refractivity contribution in [3.8, 4) is 5.82 Å². The summed E-state index contributed by atoms with van der Waals surface area (Å²) < 4.78 is 39.0. The highest BCUT2D eigenvalue weighted by molar-refractivity contribution is 5.92. The van der Waals surface area contributed by atoms with Gasteiger partial charge in [0.15, 0.2) is 11.5 Å². The first-order valence-electron chi connectivity index (χ1n) is 8.26. The fraction of sp³-hybridized carbons (Fsp3) is 0.500. The first-order chi connectivity index (χ1) is 12.3. The van der Waals surface area contributed by atoms with Gasteiger partial charge in [0.1, 0.15) is 0 Å². The highest BCUT2D eigenvalue weighted by Gasteiger charge is 2.32. The van der Waals surface area contributed by atoms with Crippen LogP contribution in [0.1, 0.15) is 35.8 Å². The molecule has 0 bridgehead atoms. The molecule has 2 aromatic heterocycles. The lowest BCUT2D eigenvalue weighted by Gasteiger charge is -2.37. The summed E-state index contributed by atoms with van der Waals surface area (Å²) in [5.41, 5.74) is 5.04. The Hall–Kier alpha value is -1.91. The van der Waals surface area contributed by atoms with Gasteiger partial charge in [-0.1, -0.05) is 12.1 Å². The number of carbonyl (C=O) groups is 1. The molecule has 0 spiro atoms. The number of hydrogen-bond acceptors (Lipinski definition) is 5. The van der Waals surface area contributed by atoms with Crippen molar-refractivity contribution in [2.45, 2.75) is 32.0 Å². The molecule has 7 nitrogen and oxygen atoms in total. The number of amides is 1. The molecule has 12 heteroatoms. The average molecular weight is 441 g/mol. The van der Waals surface area contributed by atoms with Gasteiger partial charge in [-0.15, -0.1) is 29.9 Å². The number of piperidine rings is 1. The predicted molar refractivity (Wildman–Crippen MR) is 101 cm³/mol. The number of nitrogens with zero attached hydrogens (tertiary/aromatic N) is 5. The Morgan fingerprint density at radius 3 is 2.61 bits per heavy atom. The number of carbonyl (C=O) groups excluding carboxylic acids is 1. The van der Waals surface area contributed by atoms with E-state index in [-0.39, 0.29) is 48.3 Å². The molecule has 1 saturated heterocycles. The second-order valence-corrected chi connectivity index (χ2v) is 6.47. The van der Waals surface area contributed by atoms with Crippen LogP contribution in [0, 0.1) is 5.92 Å². The maximum Gasteiger partial charge on any atom is 0.417 e. The van der Waals surface area contributed by atoms with Crippen molar-refractivity contribution in [1.82, 2.24) is 24.9 Å². The van der Waals surface area contributed by atoms with Crippen LogP contribution in [0.4, 0.5) is 13.2 Å². The second-order valence-electron chi connectivity index (χ2n) is 6.47. The molecule has 2 aromatic rings. The minimum Gasteiger partial charge on any atom is -0.333 e. The van der Waals surface area contributed by atoms with Crippen molar-refractivity contribution < 1.29 is 18.0 Å². The number of pyridine rings is 1. The van der Waals surface area contributed by atoms with Crippen LogP contribution >= 0.6 is 24.8 Å². The van der Waals surface area contributed by atoms with Crippen molar-refractivity contribution in [1.29, 1.82) is 0 Å². The minimum atomic E-state index is -4.46. The van der Waals surface area contributed by atoms with Crippen LogP contribution in [0.2, 0.25) is 0 Å². The van der Waals surface area contributed by atoms with Gasteiger partial charge in [-0.25, -0.2) is 9.67 Å². The van der Waals surface area contributed by atoms with E-state index in [1.165, 1.54) is 16.9 Å². The molecule has 0 aliphatic carbocycles. The van der Waals surface area contributed by atoms with Gasteiger partial charge in [0.25, 0.3) is 5.91 Å². The quantitative estimate of drug-likeness (QED) is 0.792. The van der Waals surface area contributed by atoms with E-state index in [1.54, 1.807) is 4.90 Å². The number of alkyl halides is 3. The first-order valence-corrected chi connectivity index (χ1v) is 8.26. The molecule has 2 N–H and O–H groups in total. The molecule has 156 valence electrons. The Morgan fingerprint density at radius 1 is 1.32 bits per heavy atom. The van der Waals surface area contributed by atoms with Gasteiger partial charge in [-0.05, 0) is 30.9 Å². The third-order valence-electron chi connectivity index (χ3n) is 4.53. The van der Waals surface area contributed by atoms with Crippen molar-refractivity contribution in [2.75, 3.05) is 13.1 Å². The summed E-state index contributed by atoms with van der Waals surface area (Å²) in [4.78, 5) is 18.1. The Labute approximate surface area is 172 Å². The van der Waals surface area contributed by atoms with E-state index in [4.69, 9.17) is 5.73 Å². The van der Waals surface area contributed by atoms with Gasteiger partial charge in [-0.2, -0.15) is 13.2 Å². The third kappa shape index (κ3) is 5.12. The summed E-state index contributed by atoms with van der Waals surface area (Å²) in [5, 5.41) is 7.65. The van der Waals surface area contributed by atoms with Gasteiger partial charge < -0.3 is 10.6 Å². The maximum atomic E-state index is 12.7. The lowest BCUT2D eigenvalue weighted by molar-refractivity contribution is -0.137. The van der Waals surface area contributed by atoms with Crippen molar-refractivity contribution in [3.05, 3.63) is 35.8 Å². The predicted octanol–water partition coefficient (Wildman–Crippen LogP) is 2.72. The van der Waals surface area contributed by atoms with Gasteiger partial charge >= 0.3 is 6.18 Å². The highest BCUT2D eigenvalue weighted by Crippen LogP contribution is 2.28. The normalized spacial score (nSPS) is 19.5. The molecular formula is C16H21Cl2F3N6O. The molecular weight excluding hydrogens is 420 g/mol. The summed E-state index contributed by atoms with van der Waals surface area (Å²) in [6, 6.07) is 2.03. The summed E-state index contributed by atoms with van der Waals surface area (Å²) in [5.74, 6) is 0.359. The number of halogens is 5. The molecule has 1 amide bonds. The smallest absolute Gasteiger partial charge is 0.333 e. The first kappa shape index (κ1) is 24.1. The summed E-state index contributed by atoms with van der Waals surface area (Å²) in [6.07, 6.45) is -0.663. The molecule has 2 atom stereocenters. The van der Waals surface area contributed by atoms with Gasteiger partial charge in [0.05, 0.1) is 11.8 Å². The van der Waals surface area contributed by atoms with Crippen LogP contribution in [-0.4, -0.2) is 49.9 Å². The largest absolute Gasteiger partial charge is 0.417 e. The van der Waals surface area contributed by atoms with Crippen LogP contribution in [0.15, 0.2) is 24.5 Å². The number of hydrogen-bond donors (Lipinski definition) is 1. The highest BCUT2D eigenvalue weighted by atomic mass is 35.5. The SMILES string of the molecule is CC1CCN(C(=O)c2cn(-c3ccc(C(F)(F)F)cn3)nn2)C(CN)C1.Cl.Cl. The Kier molecular flexibility index (Phi) is 8.21. The number of nitrogens with two attached hydrogens (primary N) is 1.